The molecule has 1 atom stereocenters. The molecule has 0 spiro atoms. The van der Waals surface area contributed by atoms with E-state index >= 15 is 0 Å². The highest BCUT2D eigenvalue weighted by Gasteiger charge is 2.39. The van der Waals surface area contributed by atoms with Crippen molar-refractivity contribution in [1.82, 2.24) is 0 Å². The van der Waals surface area contributed by atoms with Gasteiger partial charge in [-0.15, -0.1) is 0 Å². The van der Waals surface area contributed by atoms with Gasteiger partial charge in [0.25, 0.3) is 0 Å². The van der Waals surface area contributed by atoms with Gasteiger partial charge < -0.3 is 0 Å². The Morgan fingerprint density at radius 2 is 1.79 bits per heavy atom. The normalized spacial score (nSPS) is 16.9. The summed E-state index contributed by atoms with van der Waals surface area (Å²) in [7, 11) is 0. The second-order valence-electron chi connectivity index (χ2n) is 4.69. The van der Waals surface area contributed by atoms with Crippen LogP contribution in [-0.2, 0) is 9.59 Å². The Bertz CT molecular complexity index is 723. The summed E-state index contributed by atoms with van der Waals surface area (Å²) in [6.07, 6.45) is 0.134. The third-order valence-electron chi connectivity index (χ3n) is 3.63. The maximum absolute atomic E-state index is 12.4. The molecule has 2 aromatic rings. The van der Waals surface area contributed by atoms with Crippen LogP contribution in [-0.4, -0.2) is 17.3 Å². The lowest BCUT2D eigenvalue weighted by Gasteiger charge is -2.07. The Morgan fingerprint density at radius 3 is 2.47 bits per heavy atom. The Morgan fingerprint density at radius 1 is 1.11 bits per heavy atom. The fraction of sp³-hybridized carbons (Fsp3) is 0.188. The average molecular weight is 252 g/mol. The van der Waals surface area contributed by atoms with Gasteiger partial charge in [-0.05, 0) is 16.3 Å². The molecule has 0 heterocycles. The molecule has 94 valence electrons. The van der Waals surface area contributed by atoms with E-state index in [0.717, 1.165) is 10.8 Å². The highest BCUT2D eigenvalue weighted by molar-refractivity contribution is 6.46. The third-order valence-corrected chi connectivity index (χ3v) is 3.63. The van der Waals surface area contributed by atoms with E-state index in [-0.39, 0.29) is 12.2 Å². The van der Waals surface area contributed by atoms with Crippen LogP contribution in [0.1, 0.15) is 35.2 Å². The summed E-state index contributed by atoms with van der Waals surface area (Å²) in [6, 6.07) is 10.9. The van der Waals surface area contributed by atoms with Crippen molar-refractivity contribution >= 4 is 28.1 Å². The summed E-state index contributed by atoms with van der Waals surface area (Å²) in [5, 5.41) is 1.75. The number of Topliss-reactive ketones (excluding diaryl/α,β-unsaturated/α-hetero) is 3. The fourth-order valence-corrected chi connectivity index (χ4v) is 2.71. The van der Waals surface area contributed by atoms with Crippen LogP contribution in [0.15, 0.2) is 36.4 Å². The van der Waals surface area contributed by atoms with Gasteiger partial charge in [0.15, 0.2) is 11.6 Å². The fourth-order valence-electron chi connectivity index (χ4n) is 2.71. The Kier molecular flexibility index (Phi) is 2.56. The number of carbonyl (C=O) groups is 3. The van der Waals surface area contributed by atoms with Gasteiger partial charge >= 0.3 is 0 Å². The van der Waals surface area contributed by atoms with Gasteiger partial charge in [0, 0.05) is 12.0 Å². The predicted octanol–water partition coefficient (Wildman–Crippen LogP) is 2.67. The highest BCUT2D eigenvalue weighted by atomic mass is 16.2. The number of ketones is 3. The zero-order valence-corrected chi connectivity index (χ0v) is 10.5. The van der Waals surface area contributed by atoms with Crippen molar-refractivity contribution < 1.29 is 14.4 Å². The summed E-state index contributed by atoms with van der Waals surface area (Å²) in [5.74, 6) is -2.26. The molecule has 0 radical (unpaired) electrons. The van der Waals surface area contributed by atoms with Gasteiger partial charge in [-0.2, -0.15) is 0 Å². The molecule has 0 aliphatic heterocycles. The number of rotatable bonds is 3. The molecule has 3 heteroatoms. The Hall–Kier alpha value is -2.29. The van der Waals surface area contributed by atoms with E-state index in [1.54, 1.807) is 25.1 Å². The lowest BCUT2D eigenvalue weighted by molar-refractivity contribution is -0.136. The number of hydrogen-bond donors (Lipinski definition) is 0. The number of hydrogen-bond acceptors (Lipinski definition) is 3. The minimum atomic E-state index is -0.937. The zero-order valence-electron chi connectivity index (χ0n) is 10.5. The zero-order chi connectivity index (χ0) is 13.6. The lowest BCUT2D eigenvalue weighted by Crippen LogP contribution is -2.25. The first-order valence-electron chi connectivity index (χ1n) is 6.28. The van der Waals surface area contributed by atoms with Crippen LogP contribution in [0, 0.1) is 0 Å². The van der Waals surface area contributed by atoms with E-state index in [9.17, 15) is 14.4 Å². The van der Waals surface area contributed by atoms with Gasteiger partial charge in [-0.1, -0.05) is 43.3 Å². The van der Waals surface area contributed by atoms with E-state index in [1.807, 2.05) is 18.2 Å². The maximum Gasteiger partial charge on any atom is 0.213 e. The van der Waals surface area contributed by atoms with Crippen molar-refractivity contribution in [3.8, 4) is 0 Å². The van der Waals surface area contributed by atoms with Gasteiger partial charge in [-0.25, -0.2) is 0 Å². The summed E-state index contributed by atoms with van der Waals surface area (Å²) in [5.41, 5.74) is 1.22. The van der Waals surface area contributed by atoms with Crippen molar-refractivity contribution in [3.05, 3.63) is 47.5 Å². The molecular weight excluding hydrogens is 240 g/mol. The summed E-state index contributed by atoms with van der Waals surface area (Å²) < 4.78 is 0. The van der Waals surface area contributed by atoms with Crippen LogP contribution in [0.25, 0.3) is 10.8 Å². The number of carbonyl (C=O) groups excluding carboxylic acids is 3. The lowest BCUT2D eigenvalue weighted by atomic mass is 9.92. The van der Waals surface area contributed by atoms with Crippen LogP contribution in [0.3, 0.4) is 0 Å². The van der Waals surface area contributed by atoms with Crippen molar-refractivity contribution in [2.75, 3.05) is 0 Å². The molecule has 0 bridgehead atoms. The standard InChI is InChI=1S/C16H12O3/c1-2-12(17)16(19)14-10-7-3-5-9-6-4-8-11(13(9)10)15(14)18/h3-8,14H,2H2,1H3. The van der Waals surface area contributed by atoms with E-state index in [2.05, 4.69) is 0 Å². The van der Waals surface area contributed by atoms with Crippen LogP contribution in [0.2, 0.25) is 0 Å². The van der Waals surface area contributed by atoms with E-state index < -0.39 is 17.5 Å². The summed E-state index contributed by atoms with van der Waals surface area (Å²) in [4.78, 5) is 36.1. The molecule has 3 nitrogen and oxygen atoms in total. The second kappa shape index (κ2) is 4.12. The first kappa shape index (κ1) is 11.8. The minimum absolute atomic E-state index is 0.134. The van der Waals surface area contributed by atoms with Crippen LogP contribution in [0.4, 0.5) is 0 Å². The molecule has 0 saturated carbocycles. The maximum atomic E-state index is 12.4. The van der Waals surface area contributed by atoms with Crippen LogP contribution in [0.5, 0.6) is 0 Å². The molecule has 3 rings (SSSR count). The quantitative estimate of drug-likeness (QED) is 0.623. The molecule has 1 unspecified atom stereocenters. The van der Waals surface area contributed by atoms with Gasteiger partial charge in [0.2, 0.25) is 5.78 Å². The van der Waals surface area contributed by atoms with Crippen molar-refractivity contribution in [2.24, 2.45) is 0 Å². The first-order chi connectivity index (χ1) is 9.15. The van der Waals surface area contributed by atoms with Crippen LogP contribution < -0.4 is 0 Å². The smallest absolute Gasteiger partial charge is 0.213 e. The Balaban J connectivity index is 2.24. The molecule has 0 saturated heterocycles. The molecule has 19 heavy (non-hydrogen) atoms. The molecule has 0 fully saturated rings. The van der Waals surface area contributed by atoms with E-state index in [4.69, 9.17) is 0 Å². The first-order valence-corrected chi connectivity index (χ1v) is 6.28. The SMILES string of the molecule is CCC(=O)C(=O)C1C(=O)c2cccc3cccc1c23. The number of benzene rings is 2. The second-order valence-corrected chi connectivity index (χ2v) is 4.69. The molecule has 1 aliphatic carbocycles. The summed E-state index contributed by atoms with van der Waals surface area (Å²) >= 11 is 0. The molecule has 0 aromatic heterocycles. The molecule has 2 aromatic carbocycles. The molecular formula is C16H12O3. The van der Waals surface area contributed by atoms with Crippen molar-refractivity contribution in [1.29, 1.82) is 0 Å². The summed E-state index contributed by atoms with van der Waals surface area (Å²) in [6.45, 7) is 1.63. The highest BCUT2D eigenvalue weighted by Crippen LogP contribution is 2.38. The predicted molar refractivity (Wildman–Crippen MR) is 71.3 cm³/mol. The van der Waals surface area contributed by atoms with Crippen LogP contribution >= 0.6 is 0 Å². The molecule has 1 aliphatic rings. The molecule has 0 N–H and O–H groups in total. The molecule has 0 amide bonds. The third kappa shape index (κ3) is 1.55. The monoisotopic (exact) mass is 252 g/mol. The largest absolute Gasteiger partial charge is 0.293 e. The Labute approximate surface area is 110 Å². The topological polar surface area (TPSA) is 51.2 Å². The van der Waals surface area contributed by atoms with Gasteiger partial charge in [0.1, 0.15) is 5.92 Å². The van der Waals surface area contributed by atoms with Gasteiger partial charge in [0.05, 0.1) is 0 Å². The minimum Gasteiger partial charge on any atom is -0.293 e. The average Bonchev–Trinajstić information content (AvgIpc) is 2.73. The van der Waals surface area contributed by atoms with Gasteiger partial charge in [-0.3, -0.25) is 14.4 Å². The van der Waals surface area contributed by atoms with E-state index in [1.165, 1.54) is 0 Å². The van der Waals surface area contributed by atoms with Crippen molar-refractivity contribution in [2.45, 2.75) is 19.3 Å². The van der Waals surface area contributed by atoms with E-state index in [0.29, 0.717) is 11.1 Å². The van der Waals surface area contributed by atoms with Crippen molar-refractivity contribution in [3.63, 3.8) is 0 Å².